The quantitative estimate of drug-likeness (QED) is 0.739. The van der Waals surface area contributed by atoms with E-state index in [1.165, 1.54) is 19.2 Å². The van der Waals surface area contributed by atoms with Gasteiger partial charge in [0.15, 0.2) is 0 Å². The molecule has 1 rings (SSSR count). The number of urea groups is 1. The Balaban J connectivity index is 2.32. The largest absolute Gasteiger partial charge is 0.341 e. The Hall–Kier alpha value is -1.95. The molecule has 3 amide bonds. The van der Waals surface area contributed by atoms with Gasteiger partial charge in [-0.05, 0) is 37.6 Å². The molecule has 0 fully saturated rings. The zero-order chi connectivity index (χ0) is 14.3. The normalized spacial score (nSPS) is 11.7. The smallest absolute Gasteiger partial charge is 0.321 e. The van der Waals surface area contributed by atoms with Gasteiger partial charge in [-0.3, -0.25) is 10.1 Å². The lowest BCUT2D eigenvalue weighted by atomic mass is 10.1. The Morgan fingerprint density at radius 2 is 2.11 bits per heavy atom. The van der Waals surface area contributed by atoms with Gasteiger partial charge in [0.1, 0.15) is 5.82 Å². The molecule has 104 valence electrons. The number of carbonyl (C=O) groups is 2. The molecule has 0 saturated heterocycles. The van der Waals surface area contributed by atoms with Gasteiger partial charge in [0.25, 0.3) is 0 Å². The van der Waals surface area contributed by atoms with Crippen LogP contribution in [0.3, 0.4) is 0 Å². The average Bonchev–Trinajstić information content (AvgIpc) is 2.38. The molecule has 0 bridgehead atoms. The Morgan fingerprint density at radius 1 is 1.37 bits per heavy atom. The number of hydrogen-bond donors (Lipinski definition) is 3. The summed E-state index contributed by atoms with van der Waals surface area (Å²) in [6, 6.07) is 5.27. The fraction of sp³-hybridized carbons (Fsp3) is 0.385. The Morgan fingerprint density at radius 3 is 2.74 bits per heavy atom. The molecule has 0 saturated carbocycles. The first-order valence-electron chi connectivity index (χ1n) is 6.03. The maximum Gasteiger partial charge on any atom is 0.321 e. The first kappa shape index (κ1) is 15.1. The van der Waals surface area contributed by atoms with E-state index >= 15 is 0 Å². The fourth-order valence-electron chi connectivity index (χ4n) is 1.50. The van der Waals surface area contributed by atoms with Gasteiger partial charge in [-0.15, -0.1) is 0 Å². The minimum atomic E-state index is -0.538. The predicted octanol–water partition coefficient (Wildman–Crippen LogP) is 0.802. The van der Waals surface area contributed by atoms with Gasteiger partial charge in [0.2, 0.25) is 5.91 Å². The third kappa shape index (κ3) is 5.48. The predicted molar refractivity (Wildman–Crippen MR) is 70.2 cm³/mol. The van der Waals surface area contributed by atoms with Crippen molar-refractivity contribution >= 4 is 11.9 Å². The van der Waals surface area contributed by atoms with Gasteiger partial charge in [-0.1, -0.05) is 12.1 Å². The molecular weight excluding hydrogens is 249 g/mol. The topological polar surface area (TPSA) is 70.2 Å². The van der Waals surface area contributed by atoms with Crippen LogP contribution in [0.2, 0.25) is 0 Å². The molecule has 0 aliphatic rings. The molecular formula is C13H18FN3O2. The molecule has 0 aliphatic carbocycles. The van der Waals surface area contributed by atoms with Crippen molar-refractivity contribution in [3.63, 3.8) is 0 Å². The summed E-state index contributed by atoms with van der Waals surface area (Å²) in [6.45, 7) is 2.18. The number of benzene rings is 1. The summed E-state index contributed by atoms with van der Waals surface area (Å²) in [7, 11) is 1.44. The summed E-state index contributed by atoms with van der Waals surface area (Å²) in [6.07, 6.45) is 0.607. The third-order valence-corrected chi connectivity index (χ3v) is 2.61. The van der Waals surface area contributed by atoms with E-state index in [2.05, 4.69) is 16.0 Å². The van der Waals surface area contributed by atoms with Crippen LogP contribution in [0.1, 0.15) is 12.5 Å². The second-order valence-electron chi connectivity index (χ2n) is 4.12. The molecule has 0 aliphatic heterocycles. The fourth-order valence-corrected chi connectivity index (χ4v) is 1.50. The van der Waals surface area contributed by atoms with Gasteiger partial charge in [0.05, 0.1) is 6.04 Å². The van der Waals surface area contributed by atoms with Gasteiger partial charge in [-0.2, -0.15) is 0 Å². The molecule has 1 aromatic rings. The number of carbonyl (C=O) groups excluding carboxylic acids is 2. The lowest BCUT2D eigenvalue weighted by Crippen LogP contribution is -2.47. The van der Waals surface area contributed by atoms with Gasteiger partial charge < -0.3 is 10.6 Å². The second-order valence-corrected chi connectivity index (χ2v) is 4.12. The van der Waals surface area contributed by atoms with Crippen LogP contribution >= 0.6 is 0 Å². The Kier molecular flexibility index (Phi) is 5.95. The number of amides is 3. The summed E-state index contributed by atoms with van der Waals surface area (Å²) in [5.41, 5.74) is 0.853. The van der Waals surface area contributed by atoms with E-state index < -0.39 is 18.0 Å². The second kappa shape index (κ2) is 7.48. The molecule has 19 heavy (non-hydrogen) atoms. The summed E-state index contributed by atoms with van der Waals surface area (Å²) in [5, 5.41) is 7.44. The van der Waals surface area contributed by atoms with E-state index in [0.29, 0.717) is 13.0 Å². The molecule has 3 N–H and O–H groups in total. The number of hydrogen-bond acceptors (Lipinski definition) is 3. The van der Waals surface area contributed by atoms with Crippen molar-refractivity contribution in [2.45, 2.75) is 19.4 Å². The Labute approximate surface area is 111 Å². The van der Waals surface area contributed by atoms with Crippen molar-refractivity contribution in [1.29, 1.82) is 0 Å². The first-order valence-corrected chi connectivity index (χ1v) is 6.03. The van der Waals surface area contributed by atoms with Crippen LogP contribution in [-0.4, -0.2) is 31.6 Å². The van der Waals surface area contributed by atoms with Gasteiger partial charge in [0, 0.05) is 7.05 Å². The number of imide groups is 1. The highest BCUT2D eigenvalue weighted by molar-refractivity contribution is 5.96. The van der Waals surface area contributed by atoms with Crippen LogP contribution in [0, 0.1) is 5.82 Å². The molecule has 0 heterocycles. The molecule has 0 spiro atoms. The third-order valence-electron chi connectivity index (χ3n) is 2.61. The molecule has 0 radical (unpaired) electrons. The van der Waals surface area contributed by atoms with Crippen molar-refractivity contribution in [3.05, 3.63) is 35.6 Å². The summed E-state index contributed by atoms with van der Waals surface area (Å²) < 4.78 is 12.9. The van der Waals surface area contributed by atoms with Crippen LogP contribution in [0.5, 0.6) is 0 Å². The molecule has 0 aromatic heterocycles. The Bertz CT molecular complexity index is 451. The number of rotatable bonds is 5. The minimum absolute atomic E-state index is 0.275. The maximum absolute atomic E-state index is 12.9. The van der Waals surface area contributed by atoms with E-state index in [1.54, 1.807) is 13.0 Å². The lowest BCUT2D eigenvalue weighted by molar-refractivity contribution is -0.121. The van der Waals surface area contributed by atoms with Crippen LogP contribution in [0.4, 0.5) is 9.18 Å². The van der Waals surface area contributed by atoms with E-state index in [4.69, 9.17) is 0 Å². The van der Waals surface area contributed by atoms with Crippen molar-refractivity contribution in [2.24, 2.45) is 0 Å². The summed E-state index contributed by atoms with van der Waals surface area (Å²) in [5.74, 6) is -0.679. The highest BCUT2D eigenvalue weighted by atomic mass is 19.1. The standard InChI is InChI=1S/C13H18FN3O2/c1-9(12(18)17-13(19)15-2)16-7-6-10-4-3-5-11(14)8-10/h3-5,8-9,16H,6-7H2,1-2H3,(H2,15,17,18,19). The molecule has 1 atom stereocenters. The zero-order valence-corrected chi connectivity index (χ0v) is 11.0. The summed E-state index contributed by atoms with van der Waals surface area (Å²) in [4.78, 5) is 22.5. The molecule has 6 heteroatoms. The molecule has 5 nitrogen and oxygen atoms in total. The highest BCUT2D eigenvalue weighted by Gasteiger charge is 2.13. The van der Waals surface area contributed by atoms with Crippen molar-refractivity contribution < 1.29 is 14.0 Å². The molecule has 1 unspecified atom stereocenters. The van der Waals surface area contributed by atoms with Crippen LogP contribution in [0.15, 0.2) is 24.3 Å². The highest BCUT2D eigenvalue weighted by Crippen LogP contribution is 2.03. The maximum atomic E-state index is 12.9. The SMILES string of the molecule is CNC(=O)NC(=O)C(C)NCCc1cccc(F)c1. The summed E-state index contributed by atoms with van der Waals surface area (Å²) >= 11 is 0. The van der Waals surface area contributed by atoms with Crippen LogP contribution in [0.25, 0.3) is 0 Å². The average molecular weight is 267 g/mol. The van der Waals surface area contributed by atoms with E-state index in [9.17, 15) is 14.0 Å². The lowest BCUT2D eigenvalue weighted by Gasteiger charge is -2.13. The zero-order valence-electron chi connectivity index (χ0n) is 11.0. The van der Waals surface area contributed by atoms with Crippen molar-refractivity contribution in [1.82, 2.24) is 16.0 Å². The van der Waals surface area contributed by atoms with E-state index in [1.807, 2.05) is 6.07 Å². The van der Waals surface area contributed by atoms with Crippen molar-refractivity contribution in [2.75, 3.05) is 13.6 Å². The number of nitrogens with one attached hydrogen (secondary N) is 3. The van der Waals surface area contributed by atoms with Crippen LogP contribution < -0.4 is 16.0 Å². The van der Waals surface area contributed by atoms with Gasteiger partial charge in [-0.25, -0.2) is 9.18 Å². The van der Waals surface area contributed by atoms with Gasteiger partial charge >= 0.3 is 6.03 Å². The van der Waals surface area contributed by atoms with Crippen LogP contribution in [-0.2, 0) is 11.2 Å². The van der Waals surface area contributed by atoms with E-state index in [0.717, 1.165) is 5.56 Å². The minimum Gasteiger partial charge on any atom is -0.341 e. The molecule has 1 aromatic carbocycles. The number of halogens is 1. The monoisotopic (exact) mass is 267 g/mol. The first-order chi connectivity index (χ1) is 9.02. The van der Waals surface area contributed by atoms with Crippen molar-refractivity contribution in [3.8, 4) is 0 Å². The van der Waals surface area contributed by atoms with E-state index in [-0.39, 0.29) is 5.82 Å².